The Balaban J connectivity index is 1.50. The maximum Gasteiger partial charge on any atom is 0.337 e. The molecule has 9 heteroatoms. The van der Waals surface area contributed by atoms with Gasteiger partial charge in [-0.3, -0.25) is 9.36 Å². The summed E-state index contributed by atoms with van der Waals surface area (Å²) < 4.78 is 7.47. The first-order valence-electron chi connectivity index (χ1n) is 13.3. The van der Waals surface area contributed by atoms with E-state index in [0.29, 0.717) is 46.9 Å². The number of hydrogen-bond acceptors (Lipinski definition) is 5. The van der Waals surface area contributed by atoms with Crippen molar-refractivity contribution in [3.63, 3.8) is 0 Å². The van der Waals surface area contributed by atoms with Crippen LogP contribution in [0.1, 0.15) is 43.6 Å². The molecule has 212 valence electrons. The molecule has 0 atom stereocenters. The van der Waals surface area contributed by atoms with E-state index in [-0.39, 0.29) is 17.0 Å². The number of benzene rings is 4. The lowest BCUT2D eigenvalue weighted by atomic mass is 9.93. The molecule has 4 aromatic carbocycles. The zero-order chi connectivity index (χ0) is 30.0. The lowest BCUT2D eigenvalue weighted by molar-refractivity contribution is 0.0687. The monoisotopic (exact) mass is 563 g/mol. The van der Waals surface area contributed by atoms with Gasteiger partial charge in [-0.15, -0.1) is 0 Å². The molecule has 0 aliphatic carbocycles. The highest BCUT2D eigenvalue weighted by molar-refractivity contribution is 6.01. The van der Waals surface area contributed by atoms with Gasteiger partial charge in [0.15, 0.2) is 0 Å². The molecule has 0 fully saturated rings. The number of carbonyl (C=O) groups excluding carboxylic acids is 1. The van der Waals surface area contributed by atoms with Gasteiger partial charge < -0.3 is 19.8 Å². The second-order valence-corrected chi connectivity index (χ2v) is 9.93. The molecular formula is C33H29N3O6. The fraction of sp³-hybridized carbons (Fsp3) is 0.152. The maximum absolute atomic E-state index is 12.3. The summed E-state index contributed by atoms with van der Waals surface area (Å²) in [5.74, 6) is -2.19. The van der Waals surface area contributed by atoms with Crippen LogP contribution in [0.25, 0.3) is 33.3 Å². The Kier molecular flexibility index (Phi) is 7.75. The standard InChI is InChI=1S/C33H29N3O6/c1-4-42-33-34-28-7-5-6-26(32(40)41)29(28)36(33)19-20-8-10-22(11-9-20)27-18-24(16-17-25(27)31(38)39)21-12-14-23(15-13-21)30(37)35(2)3/h5-18H,4,19H2,1-3H3,(H,38,39)(H,40,41). The number of carboxylic acid groups (broad SMARTS) is 2. The van der Waals surface area contributed by atoms with Crippen LogP contribution in [-0.2, 0) is 6.54 Å². The number of carbonyl (C=O) groups is 3. The third-order valence-corrected chi connectivity index (χ3v) is 6.96. The van der Waals surface area contributed by atoms with Gasteiger partial charge >= 0.3 is 11.9 Å². The van der Waals surface area contributed by atoms with E-state index in [4.69, 9.17) is 4.74 Å². The summed E-state index contributed by atoms with van der Waals surface area (Å²) in [6.07, 6.45) is 0. The van der Waals surface area contributed by atoms with Gasteiger partial charge in [-0.1, -0.05) is 48.5 Å². The number of aromatic carboxylic acids is 2. The first-order chi connectivity index (χ1) is 20.2. The van der Waals surface area contributed by atoms with Crippen molar-refractivity contribution in [2.75, 3.05) is 20.7 Å². The number of ether oxygens (including phenoxy) is 1. The normalized spacial score (nSPS) is 10.9. The summed E-state index contributed by atoms with van der Waals surface area (Å²) in [5, 5.41) is 19.7. The highest BCUT2D eigenvalue weighted by Crippen LogP contribution is 2.32. The minimum atomic E-state index is -1.06. The molecule has 0 saturated carbocycles. The van der Waals surface area contributed by atoms with Crippen molar-refractivity contribution in [1.29, 1.82) is 0 Å². The van der Waals surface area contributed by atoms with Gasteiger partial charge in [0, 0.05) is 19.7 Å². The Hall–Kier alpha value is -5.44. The van der Waals surface area contributed by atoms with Crippen LogP contribution in [0.15, 0.2) is 84.9 Å². The van der Waals surface area contributed by atoms with Crippen molar-refractivity contribution in [2.24, 2.45) is 0 Å². The van der Waals surface area contributed by atoms with Gasteiger partial charge in [0.25, 0.3) is 11.9 Å². The van der Waals surface area contributed by atoms with E-state index in [1.54, 1.807) is 55.1 Å². The lowest BCUT2D eigenvalue weighted by Gasteiger charge is -2.13. The smallest absolute Gasteiger partial charge is 0.337 e. The Bertz CT molecular complexity index is 1800. The van der Waals surface area contributed by atoms with E-state index < -0.39 is 11.9 Å². The molecule has 5 rings (SSSR count). The van der Waals surface area contributed by atoms with E-state index >= 15 is 0 Å². The molecule has 42 heavy (non-hydrogen) atoms. The van der Waals surface area contributed by atoms with Crippen LogP contribution in [0.5, 0.6) is 6.01 Å². The maximum atomic E-state index is 12.3. The second kappa shape index (κ2) is 11.6. The summed E-state index contributed by atoms with van der Waals surface area (Å²) in [6.45, 7) is 2.51. The predicted octanol–water partition coefficient (Wildman–Crippen LogP) is 5.92. The Morgan fingerprint density at radius 2 is 1.45 bits per heavy atom. The van der Waals surface area contributed by atoms with Crippen LogP contribution in [0, 0.1) is 0 Å². The molecular weight excluding hydrogens is 534 g/mol. The van der Waals surface area contributed by atoms with Gasteiger partial charge in [0.05, 0.1) is 35.3 Å². The largest absolute Gasteiger partial charge is 0.478 e. The summed E-state index contributed by atoms with van der Waals surface area (Å²) in [7, 11) is 3.39. The molecule has 0 spiro atoms. The molecule has 0 aliphatic heterocycles. The summed E-state index contributed by atoms with van der Waals surface area (Å²) >= 11 is 0. The highest BCUT2D eigenvalue weighted by Gasteiger charge is 2.19. The third-order valence-electron chi connectivity index (χ3n) is 6.96. The molecule has 1 heterocycles. The quantitative estimate of drug-likeness (QED) is 0.228. The number of rotatable bonds is 9. The fourth-order valence-corrected chi connectivity index (χ4v) is 4.91. The SMILES string of the molecule is CCOc1nc2cccc(C(=O)O)c2n1Cc1ccc(-c2cc(-c3ccc(C(=O)N(C)C)cc3)ccc2C(=O)O)cc1. The van der Waals surface area contributed by atoms with Crippen LogP contribution in [0.3, 0.4) is 0 Å². The summed E-state index contributed by atoms with van der Waals surface area (Å²) in [5.41, 5.74) is 5.64. The van der Waals surface area contributed by atoms with Crippen molar-refractivity contribution in [3.05, 3.63) is 107 Å². The molecule has 2 N–H and O–H groups in total. The van der Waals surface area contributed by atoms with Crippen LogP contribution in [-0.4, -0.2) is 63.2 Å². The number of imidazole rings is 1. The van der Waals surface area contributed by atoms with Crippen molar-refractivity contribution in [2.45, 2.75) is 13.5 Å². The first kappa shape index (κ1) is 28.1. The van der Waals surface area contributed by atoms with Crippen LogP contribution >= 0.6 is 0 Å². The zero-order valence-electron chi connectivity index (χ0n) is 23.4. The van der Waals surface area contributed by atoms with E-state index in [2.05, 4.69) is 4.98 Å². The molecule has 1 aromatic heterocycles. The number of para-hydroxylation sites is 1. The molecule has 0 radical (unpaired) electrons. The molecule has 0 saturated heterocycles. The highest BCUT2D eigenvalue weighted by atomic mass is 16.5. The van der Waals surface area contributed by atoms with E-state index in [1.165, 1.54) is 11.0 Å². The molecule has 9 nitrogen and oxygen atoms in total. The van der Waals surface area contributed by atoms with Gasteiger partial charge in [-0.05, 0) is 71.1 Å². The van der Waals surface area contributed by atoms with Crippen molar-refractivity contribution in [3.8, 4) is 28.3 Å². The summed E-state index contributed by atoms with van der Waals surface area (Å²) in [6, 6.07) is 25.1. The van der Waals surface area contributed by atoms with Gasteiger partial charge in [-0.25, -0.2) is 9.59 Å². The third kappa shape index (κ3) is 5.44. The Labute approximate surface area is 242 Å². The van der Waals surface area contributed by atoms with Crippen LogP contribution in [0.4, 0.5) is 0 Å². The minimum Gasteiger partial charge on any atom is -0.478 e. The molecule has 0 bridgehead atoms. The molecule has 0 unspecified atom stereocenters. The fourth-order valence-electron chi connectivity index (χ4n) is 4.91. The minimum absolute atomic E-state index is 0.0974. The lowest BCUT2D eigenvalue weighted by Crippen LogP contribution is -2.21. The van der Waals surface area contributed by atoms with Gasteiger partial charge in [-0.2, -0.15) is 4.98 Å². The number of nitrogens with zero attached hydrogens (tertiary/aromatic N) is 3. The van der Waals surface area contributed by atoms with E-state index in [0.717, 1.165) is 16.7 Å². The van der Waals surface area contributed by atoms with Crippen molar-refractivity contribution in [1.82, 2.24) is 14.5 Å². The second-order valence-electron chi connectivity index (χ2n) is 9.93. The van der Waals surface area contributed by atoms with Gasteiger partial charge in [0.2, 0.25) is 0 Å². The van der Waals surface area contributed by atoms with Crippen molar-refractivity contribution < 1.29 is 29.3 Å². The van der Waals surface area contributed by atoms with Gasteiger partial charge in [0.1, 0.15) is 0 Å². The predicted molar refractivity (Wildman–Crippen MR) is 159 cm³/mol. The van der Waals surface area contributed by atoms with E-state index in [9.17, 15) is 24.6 Å². The number of aromatic nitrogens is 2. The molecule has 0 aliphatic rings. The number of fused-ring (bicyclic) bond motifs is 1. The first-order valence-corrected chi connectivity index (χ1v) is 13.3. The average Bonchev–Trinajstić information content (AvgIpc) is 3.33. The summed E-state index contributed by atoms with van der Waals surface area (Å²) in [4.78, 5) is 42.3. The van der Waals surface area contributed by atoms with Crippen LogP contribution < -0.4 is 4.74 Å². The Morgan fingerprint density at radius 3 is 2.07 bits per heavy atom. The van der Waals surface area contributed by atoms with E-state index in [1.807, 2.05) is 49.4 Å². The van der Waals surface area contributed by atoms with Crippen molar-refractivity contribution >= 4 is 28.9 Å². The average molecular weight is 564 g/mol. The zero-order valence-corrected chi connectivity index (χ0v) is 23.4. The topological polar surface area (TPSA) is 122 Å². The number of hydrogen-bond donors (Lipinski definition) is 2. The van der Waals surface area contributed by atoms with Crippen LogP contribution in [0.2, 0.25) is 0 Å². The number of carboxylic acids is 2. The number of amides is 1. The Morgan fingerprint density at radius 1 is 0.810 bits per heavy atom. The molecule has 1 amide bonds. The molecule has 5 aromatic rings.